The highest BCUT2D eigenvalue weighted by Crippen LogP contribution is 2.36. The molecule has 0 radical (unpaired) electrons. The van der Waals surface area contributed by atoms with Crippen molar-refractivity contribution in [3.63, 3.8) is 0 Å². The zero-order valence-corrected chi connectivity index (χ0v) is 18.3. The zero-order chi connectivity index (χ0) is 20.8. The summed E-state index contributed by atoms with van der Waals surface area (Å²) in [7, 11) is 0. The van der Waals surface area contributed by atoms with E-state index in [2.05, 4.69) is 24.8 Å². The van der Waals surface area contributed by atoms with Crippen molar-refractivity contribution in [2.75, 3.05) is 6.54 Å². The van der Waals surface area contributed by atoms with Gasteiger partial charge in [-0.1, -0.05) is 57.5 Å². The van der Waals surface area contributed by atoms with Gasteiger partial charge in [0.25, 0.3) is 5.91 Å². The fraction of sp³-hybridized carbons (Fsp3) is 0.609. The van der Waals surface area contributed by atoms with E-state index in [9.17, 15) is 14.4 Å². The van der Waals surface area contributed by atoms with Gasteiger partial charge >= 0.3 is 0 Å². The number of benzene rings is 1. The first-order valence-electron chi connectivity index (χ1n) is 10.4. The van der Waals surface area contributed by atoms with E-state index >= 15 is 0 Å². The van der Waals surface area contributed by atoms with E-state index in [0.29, 0.717) is 25.8 Å². The number of amides is 1. The number of Topliss-reactive ketones (excluding diaryl/α,β-unsaturated/α-hetero) is 1. The Hall–Kier alpha value is -1.62. The van der Waals surface area contributed by atoms with Crippen LogP contribution in [-0.2, 0) is 20.8 Å². The third-order valence-corrected chi connectivity index (χ3v) is 6.64. The summed E-state index contributed by atoms with van der Waals surface area (Å²) < 4.78 is 0. The topological polar surface area (TPSA) is 54.5 Å². The summed E-state index contributed by atoms with van der Waals surface area (Å²) in [6.45, 7) is 5.94. The number of ketones is 1. The molecule has 2 rings (SSSR count). The first-order valence-corrected chi connectivity index (χ1v) is 10.8. The molecule has 0 saturated carbocycles. The molecule has 0 bridgehead atoms. The third-order valence-electron chi connectivity index (χ3n) is 6.22. The minimum Gasteiger partial charge on any atom is -0.322 e. The van der Waals surface area contributed by atoms with Crippen molar-refractivity contribution >= 4 is 29.4 Å². The van der Waals surface area contributed by atoms with Gasteiger partial charge in [-0.25, -0.2) is 0 Å². The lowest BCUT2D eigenvalue weighted by atomic mass is 9.80. The summed E-state index contributed by atoms with van der Waals surface area (Å²) in [5.41, 5.74) is -0.396. The van der Waals surface area contributed by atoms with E-state index < -0.39 is 22.6 Å². The number of carbonyl (C=O) groups excluding carboxylic acids is 3. The highest BCUT2D eigenvalue weighted by molar-refractivity contribution is 7.96. The normalized spacial score (nSPS) is 20.1. The summed E-state index contributed by atoms with van der Waals surface area (Å²) in [5.74, 6) is -0.919. The fourth-order valence-corrected chi connectivity index (χ4v) is 4.23. The summed E-state index contributed by atoms with van der Waals surface area (Å²) in [6.07, 6.45) is 6.12. The van der Waals surface area contributed by atoms with E-state index in [0.717, 1.165) is 32.1 Å². The molecule has 1 fully saturated rings. The van der Waals surface area contributed by atoms with Crippen LogP contribution in [0.3, 0.4) is 0 Å². The Labute approximate surface area is 174 Å². The number of unbranched alkanes of at least 4 members (excludes halogenated alkanes) is 1. The second kappa shape index (κ2) is 9.73. The van der Waals surface area contributed by atoms with Gasteiger partial charge in [-0.2, -0.15) is 0 Å². The van der Waals surface area contributed by atoms with E-state index in [1.54, 1.807) is 18.7 Å². The lowest BCUT2D eigenvalue weighted by Crippen LogP contribution is -2.60. The monoisotopic (exact) mass is 403 g/mol. The lowest BCUT2D eigenvalue weighted by Gasteiger charge is -2.45. The smallest absolute Gasteiger partial charge is 0.291 e. The van der Waals surface area contributed by atoms with Gasteiger partial charge in [-0.15, -0.1) is 12.6 Å². The molecule has 28 heavy (non-hydrogen) atoms. The van der Waals surface area contributed by atoms with Gasteiger partial charge in [0.2, 0.25) is 10.9 Å². The van der Waals surface area contributed by atoms with Gasteiger partial charge < -0.3 is 4.90 Å². The van der Waals surface area contributed by atoms with Crippen molar-refractivity contribution in [1.29, 1.82) is 0 Å². The Morgan fingerprint density at radius 1 is 1.11 bits per heavy atom. The van der Waals surface area contributed by atoms with Crippen molar-refractivity contribution in [2.24, 2.45) is 5.41 Å². The molecule has 4 nitrogen and oxygen atoms in total. The van der Waals surface area contributed by atoms with Crippen LogP contribution in [0.4, 0.5) is 0 Å². The van der Waals surface area contributed by atoms with Crippen molar-refractivity contribution < 1.29 is 14.4 Å². The van der Waals surface area contributed by atoms with Crippen LogP contribution in [0.1, 0.15) is 71.3 Å². The number of aryl methyl sites for hydroxylation is 1. The number of carbonyl (C=O) groups is 3. The maximum absolute atomic E-state index is 13.1. The Kier molecular flexibility index (Phi) is 7.87. The highest BCUT2D eigenvalue weighted by atomic mass is 32.1. The summed E-state index contributed by atoms with van der Waals surface area (Å²) >= 11 is 4.17. The van der Waals surface area contributed by atoms with Crippen LogP contribution in [0.2, 0.25) is 0 Å². The number of hydrogen-bond acceptors (Lipinski definition) is 3. The van der Waals surface area contributed by atoms with E-state index in [1.807, 2.05) is 25.1 Å². The molecule has 1 atom stereocenters. The zero-order valence-electron chi connectivity index (χ0n) is 17.4. The molecular formula is C23H33NO3S. The van der Waals surface area contributed by atoms with Crippen LogP contribution >= 0.6 is 12.6 Å². The first kappa shape index (κ1) is 22.7. The molecule has 1 aliphatic rings. The van der Waals surface area contributed by atoms with Crippen LogP contribution in [0.15, 0.2) is 30.3 Å². The molecule has 1 aromatic carbocycles. The largest absolute Gasteiger partial charge is 0.322 e. The highest BCUT2D eigenvalue weighted by Gasteiger charge is 2.48. The number of nitrogens with zero attached hydrogens (tertiary/aromatic N) is 1. The van der Waals surface area contributed by atoms with Gasteiger partial charge in [0.15, 0.2) is 0 Å². The minimum absolute atomic E-state index is 0.289. The van der Waals surface area contributed by atoms with Gasteiger partial charge in [0.1, 0.15) is 5.54 Å². The third kappa shape index (κ3) is 5.05. The Balaban J connectivity index is 2.12. The summed E-state index contributed by atoms with van der Waals surface area (Å²) in [4.78, 5) is 40.0. The van der Waals surface area contributed by atoms with Crippen LogP contribution in [0.5, 0.6) is 0 Å². The molecule has 5 heteroatoms. The van der Waals surface area contributed by atoms with Crippen molar-refractivity contribution in [3.05, 3.63) is 35.9 Å². The van der Waals surface area contributed by atoms with Gasteiger partial charge in [-0.3, -0.25) is 14.4 Å². The molecule has 0 aliphatic carbocycles. The minimum atomic E-state index is -0.950. The number of thiol groups is 1. The summed E-state index contributed by atoms with van der Waals surface area (Å²) in [5, 5.41) is -0.289. The Morgan fingerprint density at radius 2 is 1.79 bits per heavy atom. The molecular weight excluding hydrogens is 370 g/mol. The quantitative estimate of drug-likeness (QED) is 0.372. The Bertz CT molecular complexity index is 701. The molecule has 1 unspecified atom stereocenters. The predicted octanol–water partition coefficient (Wildman–Crippen LogP) is 4.61. The predicted molar refractivity (Wildman–Crippen MR) is 115 cm³/mol. The molecule has 0 spiro atoms. The van der Waals surface area contributed by atoms with Crippen molar-refractivity contribution in [3.8, 4) is 0 Å². The average Bonchev–Trinajstić information content (AvgIpc) is 2.71. The van der Waals surface area contributed by atoms with E-state index in [-0.39, 0.29) is 5.12 Å². The fourth-order valence-electron chi connectivity index (χ4n) is 3.89. The molecule has 0 aromatic heterocycles. The first-order chi connectivity index (χ1) is 13.2. The molecule has 1 aliphatic heterocycles. The van der Waals surface area contributed by atoms with Gasteiger partial charge in [0.05, 0.1) is 0 Å². The number of likely N-dealkylation sites (tertiary alicyclic amines) is 1. The molecule has 1 heterocycles. The van der Waals surface area contributed by atoms with Crippen LogP contribution < -0.4 is 0 Å². The molecule has 1 aromatic rings. The molecule has 1 amide bonds. The Morgan fingerprint density at radius 3 is 2.39 bits per heavy atom. The number of rotatable bonds is 9. The number of piperidine rings is 1. The number of hydrogen-bond donors (Lipinski definition) is 1. The van der Waals surface area contributed by atoms with Crippen LogP contribution in [0, 0.1) is 5.41 Å². The SMILES string of the molecule is CCC(C)(C)C(=O)C(=O)N1CCCCC1(CCCCc1ccccc1)C(=O)S. The lowest BCUT2D eigenvalue weighted by molar-refractivity contribution is -0.157. The second-order valence-electron chi connectivity index (χ2n) is 8.51. The molecule has 0 N–H and O–H groups in total. The molecule has 1 saturated heterocycles. The van der Waals surface area contributed by atoms with Gasteiger partial charge in [0, 0.05) is 12.0 Å². The van der Waals surface area contributed by atoms with E-state index in [4.69, 9.17) is 0 Å². The van der Waals surface area contributed by atoms with Gasteiger partial charge in [-0.05, 0) is 50.5 Å². The average molecular weight is 404 g/mol. The van der Waals surface area contributed by atoms with E-state index in [1.165, 1.54) is 5.56 Å². The maximum Gasteiger partial charge on any atom is 0.291 e. The van der Waals surface area contributed by atoms with Crippen molar-refractivity contribution in [1.82, 2.24) is 4.90 Å². The maximum atomic E-state index is 13.1. The second-order valence-corrected chi connectivity index (χ2v) is 8.92. The van der Waals surface area contributed by atoms with Crippen molar-refractivity contribution in [2.45, 2.75) is 77.7 Å². The van der Waals surface area contributed by atoms with Crippen LogP contribution in [-0.4, -0.2) is 33.8 Å². The van der Waals surface area contributed by atoms with Crippen LogP contribution in [0.25, 0.3) is 0 Å². The standard InChI is InChI=1S/C23H33NO3S/c1-4-22(2,3)19(25)20(26)24-17-11-10-16-23(24,21(27)28)15-9-8-14-18-12-6-5-7-13-18/h5-7,12-13H,4,8-11,14-17H2,1-3H3,(H,27,28). The summed E-state index contributed by atoms with van der Waals surface area (Å²) in [6, 6.07) is 10.2. The molecule has 154 valence electrons.